The topological polar surface area (TPSA) is 93.7 Å². The molecule has 0 saturated heterocycles. The van der Waals surface area contributed by atoms with E-state index >= 15 is 0 Å². The number of anilines is 1. The van der Waals surface area contributed by atoms with E-state index in [1.165, 1.54) is 17.9 Å². The molecule has 13 heteroatoms. The summed E-state index contributed by atoms with van der Waals surface area (Å²) < 4.78 is 71.3. The van der Waals surface area contributed by atoms with E-state index in [-0.39, 0.29) is 35.3 Å². The summed E-state index contributed by atoms with van der Waals surface area (Å²) in [6.07, 6.45) is -0.466. The molecule has 0 atom stereocenters. The minimum atomic E-state index is -5.16. The summed E-state index contributed by atoms with van der Waals surface area (Å²) in [7, 11) is 1.46. The van der Waals surface area contributed by atoms with Crippen LogP contribution in [0.2, 0.25) is 0 Å². The average molecular weight is 501 g/mol. The van der Waals surface area contributed by atoms with Gasteiger partial charge in [-0.2, -0.15) is 23.3 Å². The first-order valence-electron chi connectivity index (χ1n) is 10.4. The van der Waals surface area contributed by atoms with Gasteiger partial charge in [-0.15, -0.1) is 0 Å². The predicted octanol–water partition coefficient (Wildman–Crippen LogP) is 4.83. The van der Waals surface area contributed by atoms with Gasteiger partial charge in [0.2, 0.25) is 5.95 Å². The fourth-order valence-electron chi connectivity index (χ4n) is 3.77. The van der Waals surface area contributed by atoms with E-state index in [1.807, 2.05) is 34.9 Å². The highest BCUT2D eigenvalue weighted by atomic mass is 19.4. The van der Waals surface area contributed by atoms with Crippen molar-refractivity contribution in [3.63, 3.8) is 0 Å². The minimum Gasteiger partial charge on any atom is -0.503 e. The number of benzene rings is 2. The van der Waals surface area contributed by atoms with Crippen molar-refractivity contribution < 1.29 is 27.1 Å². The quantitative estimate of drug-likeness (QED) is 0.335. The van der Waals surface area contributed by atoms with Crippen molar-refractivity contribution in [2.75, 3.05) is 5.32 Å². The maximum absolute atomic E-state index is 14.6. The summed E-state index contributed by atoms with van der Waals surface area (Å²) in [5, 5.41) is 16.8. The van der Waals surface area contributed by atoms with Crippen molar-refractivity contribution >= 4 is 17.0 Å². The van der Waals surface area contributed by atoms with E-state index in [1.54, 1.807) is 12.4 Å². The van der Waals surface area contributed by atoms with E-state index in [2.05, 4.69) is 25.4 Å². The van der Waals surface area contributed by atoms with Crippen LogP contribution >= 0.6 is 0 Å². The number of aryl methyl sites for hydroxylation is 1. The number of phenols is 1. The molecule has 36 heavy (non-hydrogen) atoms. The van der Waals surface area contributed by atoms with Crippen LogP contribution in [0.1, 0.15) is 11.4 Å². The first-order valence-corrected chi connectivity index (χ1v) is 10.4. The number of aromatic hydroxyl groups is 1. The molecule has 0 amide bonds. The van der Waals surface area contributed by atoms with E-state index in [0.717, 1.165) is 5.69 Å². The highest BCUT2D eigenvalue weighted by Crippen LogP contribution is 2.41. The summed E-state index contributed by atoms with van der Waals surface area (Å²) in [6, 6.07) is 9.78. The van der Waals surface area contributed by atoms with Crippen LogP contribution in [-0.4, -0.2) is 34.4 Å². The van der Waals surface area contributed by atoms with Crippen molar-refractivity contribution in [1.29, 1.82) is 0 Å². The Morgan fingerprint density at radius 2 is 1.81 bits per heavy atom. The number of fused-ring (bicyclic) bond motifs is 1. The summed E-state index contributed by atoms with van der Waals surface area (Å²) in [4.78, 5) is 12.8. The fraction of sp³-hybridized carbons (Fsp3) is 0.130. The van der Waals surface area contributed by atoms with Gasteiger partial charge in [-0.05, 0) is 18.2 Å². The molecule has 0 spiro atoms. The number of aromatic nitrogens is 6. The number of imidazole rings is 1. The van der Waals surface area contributed by atoms with Gasteiger partial charge in [-0.3, -0.25) is 0 Å². The van der Waals surface area contributed by atoms with Gasteiger partial charge in [0.1, 0.15) is 11.5 Å². The van der Waals surface area contributed by atoms with Crippen molar-refractivity contribution in [2.45, 2.75) is 12.7 Å². The smallest absolute Gasteiger partial charge is 0.419 e. The van der Waals surface area contributed by atoms with Gasteiger partial charge >= 0.3 is 6.18 Å². The van der Waals surface area contributed by atoms with Crippen LogP contribution in [0.5, 0.6) is 5.75 Å². The van der Waals surface area contributed by atoms with Crippen molar-refractivity contribution in [2.24, 2.45) is 7.05 Å². The SMILES string of the molecule is Cn1nc(-c2cc(C(F)(F)F)c(F)c(O)c2F)c2cnc(NCc3nccn3-c3ccccc3)nc21. The molecule has 0 aliphatic carbocycles. The molecule has 8 nitrogen and oxygen atoms in total. The Morgan fingerprint density at radius 3 is 2.53 bits per heavy atom. The van der Waals surface area contributed by atoms with Crippen molar-refractivity contribution in [3.05, 3.63) is 78.0 Å². The summed E-state index contributed by atoms with van der Waals surface area (Å²) in [5.41, 5.74) is -1.76. The lowest BCUT2D eigenvalue weighted by atomic mass is 10.0. The number of phenolic OH excluding ortho intramolecular Hbond substituents is 1. The molecule has 3 aromatic heterocycles. The fourth-order valence-corrected chi connectivity index (χ4v) is 3.77. The summed E-state index contributed by atoms with van der Waals surface area (Å²) in [5.74, 6) is -4.58. The molecule has 2 N–H and O–H groups in total. The Morgan fingerprint density at radius 1 is 1.06 bits per heavy atom. The van der Waals surface area contributed by atoms with Gasteiger partial charge in [0, 0.05) is 36.9 Å². The normalized spacial score (nSPS) is 11.8. The lowest BCUT2D eigenvalue weighted by Gasteiger charge is -2.12. The Hall–Kier alpha value is -4.55. The number of halogens is 5. The zero-order chi connectivity index (χ0) is 25.6. The molecule has 0 aliphatic heterocycles. The standard InChI is InChI=1S/C23H16F5N7O/c1-34-21-14(19(33-34)13-9-15(23(26,27)28)18(25)20(36)17(13)24)10-30-22(32-21)31-11-16-29-7-8-35(16)12-5-3-2-4-6-12/h2-10,36H,11H2,1H3,(H,30,31,32). The third-order valence-electron chi connectivity index (χ3n) is 5.47. The first kappa shape index (κ1) is 23.2. The number of nitrogens with one attached hydrogen (secondary N) is 1. The number of rotatable bonds is 5. The second-order valence-corrected chi connectivity index (χ2v) is 7.75. The number of hydrogen-bond donors (Lipinski definition) is 2. The summed E-state index contributed by atoms with van der Waals surface area (Å²) >= 11 is 0. The van der Waals surface area contributed by atoms with Crippen LogP contribution in [0, 0.1) is 11.6 Å². The summed E-state index contributed by atoms with van der Waals surface area (Å²) in [6.45, 7) is 0.244. The predicted molar refractivity (Wildman–Crippen MR) is 119 cm³/mol. The molecular weight excluding hydrogens is 485 g/mol. The monoisotopic (exact) mass is 501 g/mol. The molecule has 184 valence electrons. The molecule has 2 aromatic carbocycles. The molecule has 0 bridgehead atoms. The molecule has 0 radical (unpaired) electrons. The van der Waals surface area contributed by atoms with Crippen LogP contribution in [0.25, 0.3) is 28.0 Å². The molecule has 5 aromatic rings. The Kier molecular flexibility index (Phi) is 5.54. The van der Waals surface area contributed by atoms with Crippen LogP contribution in [0.4, 0.5) is 27.9 Å². The van der Waals surface area contributed by atoms with E-state index in [9.17, 15) is 27.1 Å². The van der Waals surface area contributed by atoms with Gasteiger partial charge in [-0.25, -0.2) is 23.4 Å². The van der Waals surface area contributed by atoms with Crippen LogP contribution in [0.15, 0.2) is 55.0 Å². The Balaban J connectivity index is 1.49. The highest BCUT2D eigenvalue weighted by molar-refractivity contribution is 5.91. The third kappa shape index (κ3) is 3.97. The van der Waals surface area contributed by atoms with Crippen LogP contribution in [0.3, 0.4) is 0 Å². The molecule has 0 fully saturated rings. The van der Waals surface area contributed by atoms with Crippen LogP contribution < -0.4 is 5.32 Å². The second-order valence-electron chi connectivity index (χ2n) is 7.75. The molecule has 0 aliphatic rings. The molecule has 3 heterocycles. The maximum Gasteiger partial charge on any atom is 0.419 e. The van der Waals surface area contributed by atoms with Crippen molar-refractivity contribution in [1.82, 2.24) is 29.3 Å². The zero-order valence-corrected chi connectivity index (χ0v) is 18.4. The zero-order valence-electron chi connectivity index (χ0n) is 18.4. The number of hydrogen-bond acceptors (Lipinski definition) is 6. The Bertz CT molecular complexity index is 1580. The molecule has 0 saturated carbocycles. The van der Waals surface area contributed by atoms with E-state index < -0.39 is 34.7 Å². The second kappa shape index (κ2) is 8.59. The highest BCUT2D eigenvalue weighted by Gasteiger charge is 2.38. The van der Waals surface area contributed by atoms with E-state index in [4.69, 9.17) is 0 Å². The van der Waals surface area contributed by atoms with Gasteiger partial charge in [0.25, 0.3) is 0 Å². The van der Waals surface area contributed by atoms with E-state index in [0.29, 0.717) is 5.82 Å². The van der Waals surface area contributed by atoms with Gasteiger partial charge in [0.15, 0.2) is 23.0 Å². The van der Waals surface area contributed by atoms with Gasteiger partial charge in [0.05, 0.1) is 17.5 Å². The molecule has 5 rings (SSSR count). The number of para-hydroxylation sites is 1. The third-order valence-corrected chi connectivity index (χ3v) is 5.47. The Labute approximate surface area is 199 Å². The maximum atomic E-state index is 14.6. The van der Waals surface area contributed by atoms with Gasteiger partial charge < -0.3 is 15.0 Å². The first-order chi connectivity index (χ1) is 17.1. The number of nitrogens with zero attached hydrogens (tertiary/aromatic N) is 6. The molecular formula is C23H16F5N7O. The van der Waals surface area contributed by atoms with Crippen molar-refractivity contribution in [3.8, 4) is 22.7 Å². The van der Waals surface area contributed by atoms with Gasteiger partial charge in [-0.1, -0.05) is 18.2 Å². The largest absolute Gasteiger partial charge is 0.503 e. The lowest BCUT2D eigenvalue weighted by molar-refractivity contribution is -0.140. The minimum absolute atomic E-state index is 0.104. The number of alkyl halides is 3. The average Bonchev–Trinajstić information content (AvgIpc) is 3.45. The lowest BCUT2D eigenvalue weighted by Crippen LogP contribution is -2.10. The molecule has 0 unspecified atom stereocenters. The van der Waals surface area contributed by atoms with Crippen LogP contribution in [-0.2, 0) is 19.8 Å².